The highest BCUT2D eigenvalue weighted by atomic mass is 16.2. The first-order valence-corrected chi connectivity index (χ1v) is 9.75. The predicted molar refractivity (Wildman–Crippen MR) is 108 cm³/mol. The molecule has 2 heterocycles. The van der Waals surface area contributed by atoms with Gasteiger partial charge in [0.25, 0.3) is 5.91 Å². The fraction of sp³-hybridized carbons (Fsp3) is 0.318. The number of benzene rings is 2. The molecule has 28 heavy (non-hydrogen) atoms. The van der Waals surface area contributed by atoms with Gasteiger partial charge in [0.1, 0.15) is 0 Å². The van der Waals surface area contributed by atoms with Gasteiger partial charge in [-0.2, -0.15) is 0 Å². The van der Waals surface area contributed by atoms with Crippen molar-refractivity contribution in [3.63, 3.8) is 0 Å². The first kappa shape index (κ1) is 18.4. The molecule has 1 aromatic heterocycles. The minimum atomic E-state index is -0.199. The minimum Gasteiger partial charge on any atom is -0.347 e. The summed E-state index contributed by atoms with van der Waals surface area (Å²) >= 11 is 0. The molecule has 6 nitrogen and oxygen atoms in total. The van der Waals surface area contributed by atoms with Crippen LogP contribution in [0.25, 0.3) is 5.69 Å². The van der Waals surface area contributed by atoms with Gasteiger partial charge in [0.15, 0.2) is 5.69 Å². The van der Waals surface area contributed by atoms with Crippen LogP contribution in [-0.4, -0.2) is 38.9 Å². The van der Waals surface area contributed by atoms with Crippen molar-refractivity contribution < 1.29 is 4.79 Å². The fourth-order valence-corrected chi connectivity index (χ4v) is 3.75. The lowest BCUT2D eigenvalue weighted by Crippen LogP contribution is -2.31. The maximum Gasteiger partial charge on any atom is 0.274 e. The Labute approximate surface area is 165 Å². The van der Waals surface area contributed by atoms with Gasteiger partial charge in [-0.1, -0.05) is 54.6 Å². The molecule has 4 rings (SSSR count). The molecular weight excluding hydrogens is 350 g/mol. The zero-order chi connectivity index (χ0) is 19.5. The number of aromatic nitrogens is 3. The smallest absolute Gasteiger partial charge is 0.274 e. The number of likely N-dealkylation sites (N-methyl/N-ethyl adjacent to an activating group) is 1. The van der Waals surface area contributed by atoms with E-state index in [1.54, 1.807) is 4.68 Å². The lowest BCUT2D eigenvalue weighted by atomic mass is 9.97. The lowest BCUT2D eigenvalue weighted by molar-refractivity contribution is 0.0945. The van der Waals surface area contributed by atoms with Crippen LogP contribution in [0.15, 0.2) is 48.5 Å². The highest BCUT2D eigenvalue weighted by Crippen LogP contribution is 2.26. The second kappa shape index (κ2) is 7.94. The third-order valence-electron chi connectivity index (χ3n) is 5.40. The molecule has 0 aliphatic carbocycles. The van der Waals surface area contributed by atoms with E-state index in [2.05, 4.69) is 45.7 Å². The number of amides is 1. The molecular formula is C22H25N5O. The van der Waals surface area contributed by atoms with Crippen LogP contribution in [-0.2, 0) is 19.5 Å². The standard InChI is InChI=1S/C22H25N5O/c1-3-26-13-12-19-18(15-26)10-7-11-20(19)27-16(2)21(24-25-27)22(28)23-14-17-8-5-4-6-9-17/h4-11H,3,12-15H2,1-2H3,(H,23,28). The van der Waals surface area contributed by atoms with Gasteiger partial charge in [0.2, 0.25) is 0 Å². The molecule has 2 aromatic carbocycles. The van der Waals surface area contributed by atoms with Gasteiger partial charge in [0, 0.05) is 19.6 Å². The van der Waals surface area contributed by atoms with Crippen LogP contribution in [0.1, 0.15) is 39.8 Å². The van der Waals surface area contributed by atoms with E-state index in [1.807, 2.05) is 37.3 Å². The zero-order valence-corrected chi connectivity index (χ0v) is 16.4. The van der Waals surface area contributed by atoms with E-state index in [-0.39, 0.29) is 5.91 Å². The molecule has 0 unspecified atom stereocenters. The number of fused-ring (bicyclic) bond motifs is 1. The van der Waals surface area contributed by atoms with Crippen molar-refractivity contribution in [2.45, 2.75) is 33.4 Å². The Hall–Kier alpha value is -2.99. The molecule has 0 bridgehead atoms. The highest BCUT2D eigenvalue weighted by Gasteiger charge is 2.22. The van der Waals surface area contributed by atoms with E-state index in [1.165, 1.54) is 11.1 Å². The van der Waals surface area contributed by atoms with Gasteiger partial charge in [-0.25, -0.2) is 4.68 Å². The summed E-state index contributed by atoms with van der Waals surface area (Å²) in [5.74, 6) is -0.199. The average Bonchev–Trinajstić information content (AvgIpc) is 3.13. The Morgan fingerprint density at radius 2 is 1.96 bits per heavy atom. The second-order valence-electron chi connectivity index (χ2n) is 7.14. The van der Waals surface area contributed by atoms with E-state index >= 15 is 0 Å². The monoisotopic (exact) mass is 375 g/mol. The van der Waals surface area contributed by atoms with Crippen LogP contribution in [0.3, 0.4) is 0 Å². The van der Waals surface area contributed by atoms with Gasteiger partial charge in [-0.15, -0.1) is 5.10 Å². The van der Waals surface area contributed by atoms with Crippen LogP contribution in [0.2, 0.25) is 0 Å². The van der Waals surface area contributed by atoms with Crippen molar-refractivity contribution in [3.05, 3.63) is 76.6 Å². The minimum absolute atomic E-state index is 0.199. The number of hydrogen-bond donors (Lipinski definition) is 1. The Balaban J connectivity index is 1.57. The molecule has 1 N–H and O–H groups in total. The first-order chi connectivity index (χ1) is 13.7. The van der Waals surface area contributed by atoms with Crippen molar-refractivity contribution in [1.82, 2.24) is 25.2 Å². The molecule has 0 spiro atoms. The van der Waals surface area contributed by atoms with Gasteiger partial charge < -0.3 is 5.32 Å². The topological polar surface area (TPSA) is 63.1 Å². The van der Waals surface area contributed by atoms with Gasteiger partial charge in [0.05, 0.1) is 11.4 Å². The maximum atomic E-state index is 12.6. The number of carbonyl (C=O) groups is 1. The predicted octanol–water partition coefficient (Wildman–Crippen LogP) is 2.88. The van der Waals surface area contributed by atoms with Crippen molar-refractivity contribution in [2.75, 3.05) is 13.1 Å². The van der Waals surface area contributed by atoms with Gasteiger partial charge >= 0.3 is 0 Å². The van der Waals surface area contributed by atoms with Crippen LogP contribution in [0.5, 0.6) is 0 Å². The molecule has 0 radical (unpaired) electrons. The van der Waals surface area contributed by atoms with Crippen LogP contribution < -0.4 is 5.32 Å². The largest absolute Gasteiger partial charge is 0.347 e. The summed E-state index contributed by atoms with van der Waals surface area (Å²) in [6.07, 6.45) is 0.980. The molecule has 1 amide bonds. The summed E-state index contributed by atoms with van der Waals surface area (Å²) < 4.78 is 1.80. The van der Waals surface area contributed by atoms with Crippen LogP contribution in [0.4, 0.5) is 0 Å². The van der Waals surface area contributed by atoms with Crippen LogP contribution in [0, 0.1) is 6.92 Å². The van der Waals surface area contributed by atoms with Crippen molar-refractivity contribution in [3.8, 4) is 5.69 Å². The highest BCUT2D eigenvalue weighted by molar-refractivity contribution is 5.93. The summed E-state index contributed by atoms with van der Waals surface area (Å²) in [5.41, 5.74) is 5.85. The van der Waals surface area contributed by atoms with E-state index in [9.17, 15) is 4.79 Å². The Morgan fingerprint density at radius 1 is 1.14 bits per heavy atom. The summed E-state index contributed by atoms with van der Waals surface area (Å²) in [6, 6.07) is 16.2. The molecule has 0 saturated carbocycles. The Bertz CT molecular complexity index is 980. The number of rotatable bonds is 5. The molecule has 1 aliphatic rings. The second-order valence-corrected chi connectivity index (χ2v) is 7.14. The molecule has 1 aliphatic heterocycles. The third-order valence-corrected chi connectivity index (χ3v) is 5.40. The van der Waals surface area contributed by atoms with E-state index < -0.39 is 0 Å². The van der Waals surface area contributed by atoms with Crippen molar-refractivity contribution in [1.29, 1.82) is 0 Å². The molecule has 6 heteroatoms. The molecule has 0 saturated heterocycles. The normalized spacial score (nSPS) is 13.9. The first-order valence-electron chi connectivity index (χ1n) is 9.75. The van der Waals surface area contributed by atoms with Crippen molar-refractivity contribution >= 4 is 5.91 Å². The van der Waals surface area contributed by atoms with Crippen molar-refractivity contribution in [2.24, 2.45) is 0 Å². The molecule has 0 atom stereocenters. The van der Waals surface area contributed by atoms with Gasteiger partial charge in [-0.05, 0) is 42.6 Å². The number of carbonyl (C=O) groups excluding carboxylic acids is 1. The lowest BCUT2D eigenvalue weighted by Gasteiger charge is -2.29. The van der Waals surface area contributed by atoms with Gasteiger partial charge in [-0.3, -0.25) is 9.69 Å². The summed E-state index contributed by atoms with van der Waals surface area (Å²) in [7, 11) is 0. The summed E-state index contributed by atoms with van der Waals surface area (Å²) in [6.45, 7) is 7.61. The SMILES string of the molecule is CCN1CCc2c(cccc2-n2nnc(C(=O)NCc3ccccc3)c2C)C1. The van der Waals surface area contributed by atoms with E-state index in [4.69, 9.17) is 0 Å². The average molecular weight is 375 g/mol. The summed E-state index contributed by atoms with van der Waals surface area (Å²) in [5, 5.41) is 11.4. The molecule has 0 fully saturated rings. The quantitative estimate of drug-likeness (QED) is 0.745. The van der Waals surface area contributed by atoms with E-state index in [0.717, 1.165) is 43.0 Å². The number of hydrogen-bond acceptors (Lipinski definition) is 4. The maximum absolute atomic E-state index is 12.6. The molecule has 3 aromatic rings. The molecule has 144 valence electrons. The number of nitrogens with one attached hydrogen (secondary N) is 1. The third kappa shape index (κ3) is 3.55. The number of nitrogens with zero attached hydrogens (tertiary/aromatic N) is 4. The van der Waals surface area contributed by atoms with Crippen LogP contribution >= 0.6 is 0 Å². The summed E-state index contributed by atoms with van der Waals surface area (Å²) in [4.78, 5) is 15.1. The van der Waals surface area contributed by atoms with E-state index in [0.29, 0.717) is 12.2 Å². The zero-order valence-electron chi connectivity index (χ0n) is 16.4. The fourth-order valence-electron chi connectivity index (χ4n) is 3.75. The Kier molecular flexibility index (Phi) is 5.21. The Morgan fingerprint density at radius 3 is 2.75 bits per heavy atom.